The molecule has 1 aromatic rings. The summed E-state index contributed by atoms with van der Waals surface area (Å²) in [5, 5.41) is 9.82. The lowest BCUT2D eigenvalue weighted by atomic mass is 10.1. The quantitative estimate of drug-likeness (QED) is 0.665. The van der Waals surface area contributed by atoms with Gasteiger partial charge in [-0.05, 0) is 37.2 Å². The van der Waals surface area contributed by atoms with E-state index in [2.05, 4.69) is 33.9 Å². The average Bonchev–Trinajstić information content (AvgIpc) is 2.14. The molecule has 0 fully saturated rings. The highest BCUT2D eigenvalue weighted by Crippen LogP contribution is 2.39. The highest BCUT2D eigenvalue weighted by Gasteiger charge is 2.39. The van der Waals surface area contributed by atoms with Crippen LogP contribution < -0.4 is 4.43 Å². The molecular weight excluding hydrogens is 244 g/mol. The summed E-state index contributed by atoms with van der Waals surface area (Å²) in [5.41, 5.74) is 0.280. The Hall–Kier alpha value is -1.29. The lowest BCUT2D eigenvalue weighted by Gasteiger charge is -2.36. The number of hydrogen-bond acceptors (Lipinski definition) is 3. The second-order valence-corrected chi connectivity index (χ2v) is 10.8. The third-order valence-electron chi connectivity index (χ3n) is 3.53. The van der Waals surface area contributed by atoms with E-state index < -0.39 is 8.32 Å². The van der Waals surface area contributed by atoms with Crippen LogP contribution in [0.5, 0.6) is 11.5 Å². The van der Waals surface area contributed by atoms with Gasteiger partial charge in [-0.15, -0.1) is 0 Å². The molecule has 0 heterocycles. The van der Waals surface area contributed by atoms with E-state index >= 15 is 0 Å². The third kappa shape index (κ3) is 2.93. The van der Waals surface area contributed by atoms with Gasteiger partial charge in [0.2, 0.25) is 0 Å². The lowest BCUT2D eigenvalue weighted by Crippen LogP contribution is -2.44. The van der Waals surface area contributed by atoms with Crippen LogP contribution in [-0.4, -0.2) is 19.2 Å². The van der Waals surface area contributed by atoms with Crippen molar-refractivity contribution in [2.45, 2.75) is 45.8 Å². The molecule has 1 N–H and O–H groups in total. The number of carbonyl (C=O) groups is 1. The predicted octanol–water partition coefficient (Wildman–Crippen LogP) is 3.98. The highest BCUT2D eigenvalue weighted by atomic mass is 28.4. The predicted molar refractivity (Wildman–Crippen MR) is 75.9 cm³/mol. The van der Waals surface area contributed by atoms with Gasteiger partial charge in [-0.1, -0.05) is 26.8 Å². The Balaban J connectivity index is 3.21. The largest absolute Gasteiger partial charge is 0.543 e. The molecule has 0 atom stereocenters. The van der Waals surface area contributed by atoms with Gasteiger partial charge < -0.3 is 9.53 Å². The van der Waals surface area contributed by atoms with Crippen molar-refractivity contribution >= 4 is 14.1 Å². The minimum Gasteiger partial charge on any atom is -0.543 e. The molecule has 0 aromatic heterocycles. The molecule has 0 bridgehead atoms. The molecule has 1 aromatic carbocycles. The first-order chi connectivity index (χ1) is 8.06. The number of phenols is 1. The van der Waals surface area contributed by atoms with Gasteiger partial charge in [0, 0.05) is 0 Å². The minimum absolute atomic E-state index is 0.0151. The molecule has 0 aliphatic carbocycles. The number of hydrogen-bond donors (Lipinski definition) is 1. The van der Waals surface area contributed by atoms with Crippen molar-refractivity contribution in [2.75, 3.05) is 0 Å². The summed E-state index contributed by atoms with van der Waals surface area (Å²) in [6.45, 7) is 12.1. The molecule has 0 spiro atoms. The summed E-state index contributed by atoms with van der Waals surface area (Å²) < 4.78 is 6.10. The molecule has 18 heavy (non-hydrogen) atoms. The third-order valence-corrected chi connectivity index (χ3v) is 7.87. The monoisotopic (exact) mass is 266 g/mol. The normalized spacial score (nSPS) is 12.3. The zero-order valence-corrected chi connectivity index (χ0v) is 13.0. The first-order valence-corrected chi connectivity index (χ1v) is 8.99. The molecule has 0 unspecified atom stereocenters. The maximum Gasteiger partial charge on any atom is 0.250 e. The van der Waals surface area contributed by atoms with Gasteiger partial charge in [0.25, 0.3) is 8.32 Å². The van der Waals surface area contributed by atoms with E-state index in [1.54, 1.807) is 12.1 Å². The second kappa shape index (κ2) is 4.76. The van der Waals surface area contributed by atoms with E-state index in [1.165, 1.54) is 13.0 Å². The van der Waals surface area contributed by atoms with Crippen molar-refractivity contribution in [3.63, 3.8) is 0 Å². The van der Waals surface area contributed by atoms with E-state index in [-0.39, 0.29) is 22.1 Å². The Labute approximate surface area is 110 Å². The first kappa shape index (κ1) is 14.8. The van der Waals surface area contributed by atoms with E-state index in [0.29, 0.717) is 5.75 Å². The van der Waals surface area contributed by atoms with Crippen LogP contribution in [0.2, 0.25) is 18.1 Å². The summed E-state index contributed by atoms with van der Waals surface area (Å²) >= 11 is 0. The zero-order valence-electron chi connectivity index (χ0n) is 12.0. The molecule has 0 amide bonds. The van der Waals surface area contributed by atoms with Gasteiger partial charge in [-0.3, -0.25) is 4.79 Å². The fourth-order valence-corrected chi connectivity index (χ4v) is 2.41. The Morgan fingerprint density at radius 3 is 2.28 bits per heavy atom. The SMILES string of the molecule is CC(=O)c1c(O)cccc1O[Si](C)(C)C(C)(C)C. The molecule has 0 aliphatic heterocycles. The number of rotatable bonds is 3. The van der Waals surface area contributed by atoms with E-state index in [9.17, 15) is 9.90 Å². The van der Waals surface area contributed by atoms with Gasteiger partial charge >= 0.3 is 0 Å². The van der Waals surface area contributed by atoms with Crippen LogP contribution in [0.1, 0.15) is 38.1 Å². The molecule has 3 nitrogen and oxygen atoms in total. The topological polar surface area (TPSA) is 46.5 Å². The van der Waals surface area contributed by atoms with Gasteiger partial charge in [-0.25, -0.2) is 0 Å². The van der Waals surface area contributed by atoms with Crippen molar-refractivity contribution in [3.05, 3.63) is 23.8 Å². The molecule has 0 saturated carbocycles. The second-order valence-electron chi connectivity index (χ2n) is 6.07. The van der Waals surface area contributed by atoms with Crippen LogP contribution in [-0.2, 0) is 0 Å². The maximum absolute atomic E-state index is 11.6. The zero-order chi connectivity index (χ0) is 14.1. The van der Waals surface area contributed by atoms with Gasteiger partial charge in [0.15, 0.2) is 5.78 Å². The van der Waals surface area contributed by atoms with Crippen LogP contribution in [0, 0.1) is 0 Å². The summed E-state index contributed by atoms with van der Waals surface area (Å²) in [7, 11) is -2.01. The summed E-state index contributed by atoms with van der Waals surface area (Å²) in [5.74, 6) is 0.301. The summed E-state index contributed by atoms with van der Waals surface area (Å²) in [4.78, 5) is 11.6. The fraction of sp³-hybridized carbons (Fsp3) is 0.500. The number of Topliss-reactive ketones (excluding diaryl/α,β-unsaturated/α-hetero) is 1. The number of carbonyl (C=O) groups excluding carboxylic acids is 1. The Morgan fingerprint density at radius 1 is 1.28 bits per heavy atom. The van der Waals surface area contributed by atoms with Gasteiger partial charge in [0.05, 0.1) is 5.56 Å². The van der Waals surface area contributed by atoms with Gasteiger partial charge in [0.1, 0.15) is 11.5 Å². The Morgan fingerprint density at radius 2 is 1.83 bits per heavy atom. The first-order valence-electron chi connectivity index (χ1n) is 6.08. The lowest BCUT2D eigenvalue weighted by molar-refractivity contribution is 0.101. The molecule has 100 valence electrons. The van der Waals surface area contributed by atoms with Crippen molar-refractivity contribution < 1.29 is 14.3 Å². The van der Waals surface area contributed by atoms with Crippen LogP contribution in [0.15, 0.2) is 18.2 Å². The van der Waals surface area contributed by atoms with Crippen LogP contribution in [0.3, 0.4) is 0 Å². The maximum atomic E-state index is 11.6. The summed E-state index contributed by atoms with van der Waals surface area (Å²) in [6.07, 6.45) is 0. The smallest absolute Gasteiger partial charge is 0.250 e. The summed E-state index contributed by atoms with van der Waals surface area (Å²) in [6, 6.07) is 4.95. The van der Waals surface area contributed by atoms with Crippen molar-refractivity contribution in [3.8, 4) is 11.5 Å². The fourth-order valence-electron chi connectivity index (χ4n) is 1.39. The Kier molecular flexibility index (Phi) is 3.91. The molecule has 0 saturated heterocycles. The number of phenolic OH excluding ortho intramolecular Hbond substituents is 1. The van der Waals surface area contributed by atoms with Crippen molar-refractivity contribution in [1.29, 1.82) is 0 Å². The number of benzene rings is 1. The Bertz CT molecular complexity index is 459. The van der Waals surface area contributed by atoms with Crippen LogP contribution in [0.4, 0.5) is 0 Å². The highest BCUT2D eigenvalue weighted by molar-refractivity contribution is 6.74. The molecule has 4 heteroatoms. The molecule has 1 rings (SSSR count). The van der Waals surface area contributed by atoms with Crippen LogP contribution >= 0.6 is 0 Å². The van der Waals surface area contributed by atoms with Crippen molar-refractivity contribution in [2.24, 2.45) is 0 Å². The molecule has 0 aliphatic rings. The number of aromatic hydroxyl groups is 1. The molecule has 0 radical (unpaired) electrons. The number of ketones is 1. The van der Waals surface area contributed by atoms with E-state index in [0.717, 1.165) is 0 Å². The van der Waals surface area contributed by atoms with Gasteiger partial charge in [-0.2, -0.15) is 0 Å². The van der Waals surface area contributed by atoms with E-state index in [4.69, 9.17) is 4.43 Å². The average molecular weight is 266 g/mol. The minimum atomic E-state index is -2.01. The van der Waals surface area contributed by atoms with Crippen molar-refractivity contribution in [1.82, 2.24) is 0 Å². The van der Waals surface area contributed by atoms with E-state index in [1.807, 2.05) is 0 Å². The van der Waals surface area contributed by atoms with Crippen LogP contribution in [0.25, 0.3) is 0 Å². The standard InChI is InChI=1S/C14H22O3Si/c1-10(15)13-11(16)8-7-9-12(13)17-18(5,6)14(2,3)4/h7-9,16H,1-6H3. The molecular formula is C14H22O3Si.